The van der Waals surface area contributed by atoms with Gasteiger partial charge in [0, 0.05) is 19.3 Å². The first-order valence-electron chi connectivity index (χ1n) is 10.5. The second-order valence-electron chi connectivity index (χ2n) is 7.51. The maximum absolute atomic E-state index is 7.65. The minimum Gasteiger partial charge on any atom is -0.463 e. The highest BCUT2D eigenvalue weighted by atomic mass is 16.5. The fraction of sp³-hybridized carbons (Fsp3) is 0.500. The Labute approximate surface area is 173 Å². The van der Waals surface area contributed by atoms with Crippen molar-refractivity contribution in [2.75, 3.05) is 30.7 Å². The van der Waals surface area contributed by atoms with Crippen molar-refractivity contribution in [2.45, 2.75) is 52.1 Å². The molecule has 0 unspecified atom stereocenters. The van der Waals surface area contributed by atoms with Crippen LogP contribution in [0.15, 0.2) is 24.3 Å². The number of anilines is 2. The smallest absolute Gasteiger partial charge is 0.320 e. The average molecular weight is 397 g/mol. The zero-order valence-electron chi connectivity index (χ0n) is 17.3. The standard InChI is InChI=1S/C22H32N6O/c1-2-3-12-29-22-26-20(24)19(14-23)21(27-22)25-15-17-8-7-9-18(13-17)16-28-10-5-4-6-11-28/h7-9,13-14,23H,2-6,10-12,15-16H2,1H3,(H3,24,25,26,27). The lowest BCUT2D eigenvalue weighted by molar-refractivity contribution is 0.221. The van der Waals surface area contributed by atoms with Crippen LogP contribution >= 0.6 is 0 Å². The Kier molecular flexibility index (Phi) is 7.81. The number of hydrogen-bond donors (Lipinski definition) is 3. The molecule has 0 bridgehead atoms. The van der Waals surface area contributed by atoms with Crippen LogP contribution in [0.25, 0.3) is 0 Å². The Morgan fingerprint density at radius 2 is 2.00 bits per heavy atom. The van der Waals surface area contributed by atoms with Gasteiger partial charge < -0.3 is 21.2 Å². The molecule has 0 spiro atoms. The summed E-state index contributed by atoms with van der Waals surface area (Å²) in [6.45, 7) is 6.62. The zero-order chi connectivity index (χ0) is 20.5. The maximum atomic E-state index is 7.65. The topological polar surface area (TPSA) is 100 Å². The number of hydrogen-bond acceptors (Lipinski definition) is 7. The highest BCUT2D eigenvalue weighted by Gasteiger charge is 2.13. The van der Waals surface area contributed by atoms with Gasteiger partial charge in [-0.2, -0.15) is 9.97 Å². The second-order valence-corrected chi connectivity index (χ2v) is 7.51. The van der Waals surface area contributed by atoms with Gasteiger partial charge in [-0.3, -0.25) is 4.90 Å². The molecule has 0 aliphatic carbocycles. The number of rotatable bonds is 10. The summed E-state index contributed by atoms with van der Waals surface area (Å²) < 4.78 is 5.60. The van der Waals surface area contributed by atoms with E-state index in [1.165, 1.54) is 49.7 Å². The van der Waals surface area contributed by atoms with Gasteiger partial charge >= 0.3 is 6.01 Å². The number of ether oxygens (including phenoxy) is 1. The van der Waals surface area contributed by atoms with Gasteiger partial charge in [0.25, 0.3) is 0 Å². The third-order valence-corrected chi connectivity index (χ3v) is 5.13. The van der Waals surface area contributed by atoms with Crippen molar-refractivity contribution in [3.05, 3.63) is 41.0 Å². The normalized spacial score (nSPS) is 14.5. The van der Waals surface area contributed by atoms with Crippen molar-refractivity contribution >= 4 is 17.9 Å². The van der Waals surface area contributed by atoms with Crippen LogP contribution in [-0.4, -0.2) is 40.8 Å². The number of nitrogens with one attached hydrogen (secondary N) is 2. The molecule has 0 atom stereocenters. The number of benzene rings is 1. The monoisotopic (exact) mass is 396 g/mol. The van der Waals surface area contributed by atoms with Crippen LogP contribution in [0, 0.1) is 5.41 Å². The van der Waals surface area contributed by atoms with Gasteiger partial charge in [0.1, 0.15) is 11.6 Å². The van der Waals surface area contributed by atoms with Gasteiger partial charge in [-0.25, -0.2) is 0 Å². The summed E-state index contributed by atoms with van der Waals surface area (Å²) >= 11 is 0. The largest absolute Gasteiger partial charge is 0.463 e. The molecule has 1 aromatic carbocycles. The first-order valence-corrected chi connectivity index (χ1v) is 10.5. The van der Waals surface area contributed by atoms with E-state index in [0.29, 0.717) is 24.5 Å². The molecular formula is C22H32N6O. The number of nitrogens with two attached hydrogens (primary N) is 1. The Hall–Kier alpha value is -2.67. The van der Waals surface area contributed by atoms with Crippen molar-refractivity contribution in [3.8, 4) is 6.01 Å². The summed E-state index contributed by atoms with van der Waals surface area (Å²) in [6.07, 6.45) is 7.09. The van der Waals surface area contributed by atoms with Crippen molar-refractivity contribution in [1.82, 2.24) is 14.9 Å². The third kappa shape index (κ3) is 6.15. The number of likely N-dealkylation sites (tertiary alicyclic amines) is 1. The first-order chi connectivity index (χ1) is 14.2. The van der Waals surface area contributed by atoms with E-state index in [0.717, 1.165) is 19.4 Å². The number of piperidine rings is 1. The van der Waals surface area contributed by atoms with Gasteiger partial charge in [-0.1, -0.05) is 44.0 Å². The van der Waals surface area contributed by atoms with E-state index in [-0.39, 0.29) is 11.8 Å². The van der Waals surface area contributed by atoms with E-state index >= 15 is 0 Å². The SMILES string of the molecule is CCCCOc1nc(N)c(C=N)c(NCc2cccc(CN3CCCCC3)c2)n1. The summed E-state index contributed by atoms with van der Waals surface area (Å²) in [6, 6.07) is 8.86. The molecule has 0 saturated carbocycles. The molecule has 3 rings (SSSR count). The lowest BCUT2D eigenvalue weighted by Crippen LogP contribution is -2.29. The van der Waals surface area contributed by atoms with Gasteiger partial charge in [0.15, 0.2) is 0 Å². The molecular weight excluding hydrogens is 364 g/mol. The van der Waals surface area contributed by atoms with Gasteiger partial charge in [0.2, 0.25) is 0 Å². The fourth-order valence-electron chi connectivity index (χ4n) is 3.51. The Bertz CT molecular complexity index is 804. The van der Waals surface area contributed by atoms with Crippen molar-refractivity contribution in [3.63, 3.8) is 0 Å². The molecule has 29 heavy (non-hydrogen) atoms. The third-order valence-electron chi connectivity index (χ3n) is 5.13. The molecule has 2 heterocycles. The zero-order valence-corrected chi connectivity index (χ0v) is 17.3. The van der Waals surface area contributed by atoms with Crippen LogP contribution in [0.4, 0.5) is 11.6 Å². The van der Waals surface area contributed by atoms with Crippen LogP contribution in [0.3, 0.4) is 0 Å². The summed E-state index contributed by atoms with van der Waals surface area (Å²) in [7, 11) is 0. The first kappa shape index (κ1) is 21.0. The molecule has 1 saturated heterocycles. The van der Waals surface area contributed by atoms with E-state index in [2.05, 4.69) is 51.4 Å². The van der Waals surface area contributed by atoms with Crippen LogP contribution < -0.4 is 15.8 Å². The molecule has 1 aliphatic rings. The summed E-state index contributed by atoms with van der Waals surface area (Å²) in [4.78, 5) is 11.1. The van der Waals surface area contributed by atoms with Crippen LogP contribution in [-0.2, 0) is 13.1 Å². The lowest BCUT2D eigenvalue weighted by atomic mass is 10.1. The van der Waals surface area contributed by atoms with Gasteiger partial charge in [0.05, 0.1) is 12.2 Å². The minimum atomic E-state index is 0.253. The maximum Gasteiger partial charge on any atom is 0.320 e. The van der Waals surface area contributed by atoms with Crippen molar-refractivity contribution in [1.29, 1.82) is 5.41 Å². The average Bonchev–Trinajstić information content (AvgIpc) is 2.73. The van der Waals surface area contributed by atoms with E-state index in [4.69, 9.17) is 15.9 Å². The number of unbranched alkanes of at least 4 members (excludes halogenated alkanes) is 1. The minimum absolute atomic E-state index is 0.253. The predicted molar refractivity (Wildman–Crippen MR) is 118 cm³/mol. The molecule has 0 amide bonds. The fourth-order valence-corrected chi connectivity index (χ4v) is 3.51. The second kappa shape index (κ2) is 10.8. The van der Waals surface area contributed by atoms with Gasteiger partial charge in [-0.15, -0.1) is 0 Å². The van der Waals surface area contributed by atoms with Crippen LogP contribution in [0.5, 0.6) is 6.01 Å². The Morgan fingerprint density at radius 1 is 1.21 bits per heavy atom. The summed E-state index contributed by atoms with van der Waals surface area (Å²) in [5.41, 5.74) is 8.98. The molecule has 1 aromatic heterocycles. The number of aromatic nitrogens is 2. The number of nitrogens with zero attached hydrogens (tertiary/aromatic N) is 3. The van der Waals surface area contributed by atoms with E-state index in [9.17, 15) is 0 Å². The molecule has 0 radical (unpaired) electrons. The predicted octanol–water partition coefficient (Wildman–Crippen LogP) is 3.83. The number of nitrogen functional groups attached to an aromatic ring is 1. The molecule has 7 heteroatoms. The molecule has 4 N–H and O–H groups in total. The van der Waals surface area contributed by atoms with E-state index in [1.54, 1.807) is 0 Å². The molecule has 156 valence electrons. The lowest BCUT2D eigenvalue weighted by Gasteiger charge is -2.26. The molecule has 1 aliphatic heterocycles. The van der Waals surface area contributed by atoms with Gasteiger partial charge in [-0.05, 0) is 43.5 Å². The molecule has 1 fully saturated rings. The van der Waals surface area contributed by atoms with Crippen molar-refractivity contribution in [2.24, 2.45) is 0 Å². The van der Waals surface area contributed by atoms with E-state index in [1.807, 2.05) is 0 Å². The Balaban J connectivity index is 1.66. The highest BCUT2D eigenvalue weighted by molar-refractivity contribution is 5.90. The quantitative estimate of drug-likeness (QED) is 0.417. The Morgan fingerprint density at radius 3 is 2.76 bits per heavy atom. The highest BCUT2D eigenvalue weighted by Crippen LogP contribution is 2.21. The molecule has 7 nitrogen and oxygen atoms in total. The van der Waals surface area contributed by atoms with Crippen LogP contribution in [0.1, 0.15) is 55.7 Å². The van der Waals surface area contributed by atoms with E-state index < -0.39 is 0 Å². The van der Waals surface area contributed by atoms with Crippen LogP contribution in [0.2, 0.25) is 0 Å². The molecule has 2 aromatic rings. The van der Waals surface area contributed by atoms with Crippen molar-refractivity contribution < 1.29 is 4.74 Å². The summed E-state index contributed by atoms with van der Waals surface area (Å²) in [5.74, 6) is 0.781. The summed E-state index contributed by atoms with van der Waals surface area (Å²) in [5, 5.41) is 11.0.